The highest BCUT2D eigenvalue weighted by molar-refractivity contribution is 7.92. The van der Waals surface area contributed by atoms with E-state index in [1.54, 1.807) is 0 Å². The van der Waals surface area contributed by atoms with Gasteiger partial charge in [-0.2, -0.15) is 13.5 Å². The van der Waals surface area contributed by atoms with Crippen molar-refractivity contribution in [3.63, 3.8) is 0 Å². The highest BCUT2D eigenvalue weighted by Gasteiger charge is 2.24. The topological polar surface area (TPSA) is 115 Å². The standard InChI is InChI=1S/C11H14N4O4S2/c1-14-11(7-8-13-14)21(18,19)15(2)9-3-5-10(6-4-9)20(12,16)17/h3-8H,1-2H3,(H2,12,16,17). The van der Waals surface area contributed by atoms with Gasteiger partial charge in [0, 0.05) is 14.1 Å². The maximum absolute atomic E-state index is 12.4. The van der Waals surface area contributed by atoms with Gasteiger partial charge < -0.3 is 0 Å². The van der Waals surface area contributed by atoms with Gasteiger partial charge in [0.2, 0.25) is 10.0 Å². The fourth-order valence-electron chi connectivity index (χ4n) is 1.74. The number of sulfonamides is 2. The van der Waals surface area contributed by atoms with E-state index < -0.39 is 20.0 Å². The van der Waals surface area contributed by atoms with Gasteiger partial charge >= 0.3 is 0 Å². The van der Waals surface area contributed by atoms with Crippen LogP contribution in [-0.2, 0) is 27.1 Å². The number of nitrogens with zero attached hydrogens (tertiary/aromatic N) is 3. The summed E-state index contributed by atoms with van der Waals surface area (Å²) >= 11 is 0. The van der Waals surface area contributed by atoms with E-state index >= 15 is 0 Å². The third-order valence-electron chi connectivity index (χ3n) is 2.93. The fraction of sp³-hybridized carbons (Fsp3) is 0.182. The Hall–Kier alpha value is -1.91. The predicted octanol–water partition coefficient (Wildman–Crippen LogP) is -0.107. The van der Waals surface area contributed by atoms with Crippen molar-refractivity contribution in [3.8, 4) is 0 Å². The summed E-state index contributed by atoms with van der Waals surface area (Å²) in [6.45, 7) is 0. The van der Waals surface area contributed by atoms with E-state index in [-0.39, 0.29) is 9.92 Å². The van der Waals surface area contributed by atoms with Crippen molar-refractivity contribution in [1.29, 1.82) is 0 Å². The highest BCUT2D eigenvalue weighted by atomic mass is 32.2. The molecule has 21 heavy (non-hydrogen) atoms. The zero-order chi connectivity index (χ0) is 15.8. The Morgan fingerprint density at radius 3 is 2.10 bits per heavy atom. The second-order valence-corrected chi connectivity index (χ2v) is 7.78. The number of hydrogen-bond acceptors (Lipinski definition) is 5. The first-order valence-corrected chi connectivity index (χ1v) is 8.72. The Kier molecular flexibility index (Phi) is 3.78. The lowest BCUT2D eigenvalue weighted by atomic mass is 10.3. The first kappa shape index (κ1) is 15.5. The Labute approximate surface area is 122 Å². The lowest BCUT2D eigenvalue weighted by Gasteiger charge is -2.19. The van der Waals surface area contributed by atoms with E-state index in [1.807, 2.05) is 0 Å². The molecule has 0 radical (unpaired) electrons. The van der Waals surface area contributed by atoms with Crippen molar-refractivity contribution in [2.24, 2.45) is 12.2 Å². The predicted molar refractivity (Wildman–Crippen MR) is 76.6 cm³/mol. The van der Waals surface area contributed by atoms with Crippen LogP contribution < -0.4 is 9.44 Å². The Bertz CT molecular complexity index is 854. The van der Waals surface area contributed by atoms with E-state index in [0.29, 0.717) is 5.69 Å². The van der Waals surface area contributed by atoms with Crippen LogP contribution in [0.5, 0.6) is 0 Å². The smallest absolute Gasteiger partial charge is 0.268 e. The molecule has 0 unspecified atom stereocenters. The average Bonchev–Trinajstić information content (AvgIpc) is 2.84. The van der Waals surface area contributed by atoms with Crippen molar-refractivity contribution < 1.29 is 16.8 Å². The fourth-order valence-corrected chi connectivity index (χ4v) is 3.55. The molecule has 0 saturated carbocycles. The molecule has 0 aliphatic carbocycles. The Morgan fingerprint density at radius 1 is 1.10 bits per heavy atom. The number of aromatic nitrogens is 2. The van der Waals surface area contributed by atoms with Crippen LogP contribution in [0.3, 0.4) is 0 Å². The number of rotatable bonds is 4. The van der Waals surface area contributed by atoms with E-state index in [4.69, 9.17) is 5.14 Å². The van der Waals surface area contributed by atoms with Crippen LogP contribution in [0, 0.1) is 0 Å². The van der Waals surface area contributed by atoms with E-state index in [1.165, 1.54) is 55.3 Å². The summed E-state index contributed by atoms with van der Waals surface area (Å²) in [7, 11) is -4.70. The number of aryl methyl sites for hydroxylation is 1. The molecule has 0 amide bonds. The number of primary sulfonamides is 1. The molecule has 1 heterocycles. The van der Waals surface area contributed by atoms with Gasteiger partial charge in [-0.15, -0.1) is 0 Å². The molecule has 2 aromatic rings. The van der Waals surface area contributed by atoms with Crippen LogP contribution in [0.4, 0.5) is 5.69 Å². The largest absolute Gasteiger partial charge is 0.281 e. The second-order valence-electron chi connectivity index (χ2n) is 4.30. The Balaban J connectivity index is 2.41. The van der Waals surface area contributed by atoms with Crippen LogP contribution in [0.25, 0.3) is 0 Å². The molecule has 2 rings (SSSR count). The van der Waals surface area contributed by atoms with Gasteiger partial charge in [0.1, 0.15) is 0 Å². The van der Waals surface area contributed by atoms with Gasteiger partial charge in [-0.25, -0.2) is 13.6 Å². The lowest BCUT2D eigenvalue weighted by Crippen LogP contribution is -2.28. The molecule has 0 spiro atoms. The van der Waals surface area contributed by atoms with E-state index in [2.05, 4.69) is 5.10 Å². The van der Waals surface area contributed by atoms with Crippen LogP contribution in [0.1, 0.15) is 0 Å². The summed E-state index contributed by atoms with van der Waals surface area (Å²) in [5, 5.41) is 8.84. The third-order valence-corrected chi connectivity index (χ3v) is 5.72. The summed E-state index contributed by atoms with van der Waals surface area (Å²) in [6.07, 6.45) is 1.38. The van der Waals surface area contributed by atoms with Crippen LogP contribution in [-0.4, -0.2) is 33.7 Å². The SMILES string of the molecule is CN(c1ccc(S(N)(=O)=O)cc1)S(=O)(=O)c1ccnn1C. The molecule has 2 N–H and O–H groups in total. The summed E-state index contributed by atoms with van der Waals surface area (Å²) in [6, 6.07) is 6.62. The van der Waals surface area contributed by atoms with Gasteiger partial charge in [0.05, 0.1) is 16.8 Å². The molecular weight excluding hydrogens is 316 g/mol. The first-order chi connectivity index (χ1) is 9.64. The maximum Gasteiger partial charge on any atom is 0.281 e. The minimum atomic E-state index is -3.81. The van der Waals surface area contributed by atoms with Crippen LogP contribution >= 0.6 is 0 Å². The minimum Gasteiger partial charge on any atom is -0.268 e. The molecule has 0 fully saturated rings. The molecule has 10 heteroatoms. The summed E-state index contributed by atoms with van der Waals surface area (Å²) < 4.78 is 49.5. The van der Waals surface area contributed by atoms with Crippen molar-refractivity contribution in [2.75, 3.05) is 11.4 Å². The first-order valence-electron chi connectivity index (χ1n) is 5.74. The quantitative estimate of drug-likeness (QED) is 0.840. The third kappa shape index (κ3) is 2.91. The number of benzene rings is 1. The monoisotopic (exact) mass is 330 g/mol. The average molecular weight is 330 g/mol. The molecule has 0 bridgehead atoms. The summed E-state index contributed by atoms with van der Waals surface area (Å²) in [5.41, 5.74) is 0.309. The van der Waals surface area contributed by atoms with Crippen molar-refractivity contribution in [1.82, 2.24) is 9.78 Å². The molecule has 0 saturated heterocycles. The molecule has 0 aliphatic rings. The lowest BCUT2D eigenvalue weighted by molar-refractivity contribution is 0.575. The summed E-state index contributed by atoms with van der Waals surface area (Å²) in [4.78, 5) is -0.0856. The molecule has 0 aliphatic heterocycles. The Morgan fingerprint density at radius 2 is 1.67 bits per heavy atom. The zero-order valence-corrected chi connectivity index (χ0v) is 13.0. The molecule has 114 valence electrons. The molecule has 0 atom stereocenters. The highest BCUT2D eigenvalue weighted by Crippen LogP contribution is 2.22. The number of nitrogens with two attached hydrogens (primary N) is 1. The van der Waals surface area contributed by atoms with Gasteiger partial charge in [-0.3, -0.25) is 8.99 Å². The van der Waals surface area contributed by atoms with Gasteiger partial charge in [-0.1, -0.05) is 0 Å². The van der Waals surface area contributed by atoms with Gasteiger partial charge in [0.15, 0.2) is 5.03 Å². The molecule has 8 nitrogen and oxygen atoms in total. The zero-order valence-electron chi connectivity index (χ0n) is 11.3. The second kappa shape index (κ2) is 5.13. The minimum absolute atomic E-state index is 0.0283. The number of hydrogen-bond donors (Lipinski definition) is 1. The van der Waals surface area contributed by atoms with E-state index in [9.17, 15) is 16.8 Å². The van der Waals surface area contributed by atoms with Crippen LogP contribution in [0.15, 0.2) is 46.5 Å². The summed E-state index contributed by atoms with van der Waals surface area (Å²) in [5.74, 6) is 0. The van der Waals surface area contributed by atoms with Crippen molar-refractivity contribution in [2.45, 2.75) is 9.92 Å². The van der Waals surface area contributed by atoms with E-state index in [0.717, 1.165) is 4.31 Å². The molecular formula is C11H14N4O4S2. The molecule has 1 aromatic carbocycles. The van der Waals surface area contributed by atoms with Crippen molar-refractivity contribution >= 4 is 25.7 Å². The van der Waals surface area contributed by atoms with Gasteiger partial charge in [-0.05, 0) is 30.3 Å². The molecule has 1 aromatic heterocycles. The number of anilines is 1. The van der Waals surface area contributed by atoms with Crippen molar-refractivity contribution in [3.05, 3.63) is 36.5 Å². The maximum atomic E-state index is 12.4. The normalized spacial score (nSPS) is 12.3. The van der Waals surface area contributed by atoms with Gasteiger partial charge in [0.25, 0.3) is 10.0 Å². The van der Waals surface area contributed by atoms with Crippen LogP contribution in [0.2, 0.25) is 0 Å².